The first-order chi connectivity index (χ1) is 12.4. The van der Waals surface area contributed by atoms with Gasteiger partial charge in [-0.05, 0) is 30.2 Å². The average molecular weight is 392 g/mol. The van der Waals surface area contributed by atoms with Gasteiger partial charge in [0.15, 0.2) is 0 Å². The fraction of sp³-hybridized carbons (Fsp3) is 0.421. The zero-order chi connectivity index (χ0) is 18.7. The zero-order valence-corrected chi connectivity index (χ0v) is 16.5. The smallest absolute Gasteiger partial charge is 0.225 e. The summed E-state index contributed by atoms with van der Waals surface area (Å²) in [5.74, 6) is -0.0849. The van der Waals surface area contributed by atoms with Crippen molar-refractivity contribution in [2.75, 3.05) is 18.4 Å². The molecule has 1 unspecified atom stereocenters. The summed E-state index contributed by atoms with van der Waals surface area (Å²) in [4.78, 5) is 24.1. The molecule has 1 aromatic carbocycles. The lowest BCUT2D eigenvalue weighted by Gasteiger charge is -2.21. The van der Waals surface area contributed by atoms with E-state index >= 15 is 0 Å². The number of halogens is 1. The Bertz CT molecular complexity index is 807. The van der Waals surface area contributed by atoms with Crippen LogP contribution < -0.4 is 16.0 Å². The average Bonchev–Trinajstić information content (AvgIpc) is 3.23. The molecule has 1 saturated heterocycles. The summed E-state index contributed by atoms with van der Waals surface area (Å²) >= 11 is 0. The third-order valence-electron chi connectivity index (χ3n) is 4.77. The predicted octanol–water partition coefficient (Wildman–Crippen LogP) is 1.98. The molecule has 1 aliphatic heterocycles. The minimum atomic E-state index is -0.147. The fourth-order valence-electron chi connectivity index (χ4n) is 3.43. The number of aromatic nitrogens is 2. The number of nitrogens with one attached hydrogen (secondary N) is 3. The molecule has 0 aliphatic carbocycles. The first kappa shape index (κ1) is 20.9. The predicted molar refractivity (Wildman–Crippen MR) is 107 cm³/mol. The largest absolute Gasteiger partial charge is 0.349 e. The quantitative estimate of drug-likeness (QED) is 0.727. The van der Waals surface area contributed by atoms with E-state index in [-0.39, 0.29) is 42.1 Å². The Morgan fingerprint density at radius 1 is 1.33 bits per heavy atom. The molecule has 2 amide bonds. The molecule has 2 heterocycles. The molecule has 1 aromatic heterocycles. The van der Waals surface area contributed by atoms with E-state index in [4.69, 9.17) is 0 Å². The molecule has 8 heteroatoms. The van der Waals surface area contributed by atoms with E-state index in [1.54, 1.807) is 4.68 Å². The lowest BCUT2D eigenvalue weighted by Crippen LogP contribution is -2.36. The highest BCUT2D eigenvalue weighted by molar-refractivity contribution is 5.88. The maximum absolute atomic E-state index is 12.8. The molecule has 1 aliphatic rings. The van der Waals surface area contributed by atoms with Crippen LogP contribution >= 0.6 is 12.4 Å². The second-order valence-electron chi connectivity index (χ2n) is 6.86. The van der Waals surface area contributed by atoms with E-state index in [0.717, 1.165) is 23.4 Å². The van der Waals surface area contributed by atoms with Crippen LogP contribution in [0.15, 0.2) is 36.7 Å². The molecule has 7 nitrogen and oxygen atoms in total. The lowest BCUT2D eigenvalue weighted by molar-refractivity contribution is -0.125. The Morgan fingerprint density at radius 3 is 2.78 bits per heavy atom. The fourth-order valence-corrected chi connectivity index (χ4v) is 3.43. The van der Waals surface area contributed by atoms with Crippen molar-refractivity contribution in [3.63, 3.8) is 0 Å². The second kappa shape index (κ2) is 9.01. The summed E-state index contributed by atoms with van der Waals surface area (Å²) in [7, 11) is 1.88. The van der Waals surface area contributed by atoms with E-state index < -0.39 is 0 Å². The molecule has 0 radical (unpaired) electrons. The minimum Gasteiger partial charge on any atom is -0.349 e. The van der Waals surface area contributed by atoms with Crippen molar-refractivity contribution in [2.24, 2.45) is 13.0 Å². The van der Waals surface area contributed by atoms with Crippen molar-refractivity contribution < 1.29 is 9.59 Å². The molecule has 0 saturated carbocycles. The summed E-state index contributed by atoms with van der Waals surface area (Å²) in [6, 6.07) is 7.39. The molecule has 3 N–H and O–H groups in total. The van der Waals surface area contributed by atoms with Crippen LogP contribution in [-0.4, -0.2) is 34.7 Å². The van der Waals surface area contributed by atoms with Gasteiger partial charge in [-0.3, -0.25) is 14.3 Å². The second-order valence-corrected chi connectivity index (χ2v) is 6.86. The summed E-state index contributed by atoms with van der Waals surface area (Å²) < 4.78 is 1.76. The van der Waals surface area contributed by atoms with Gasteiger partial charge in [0.2, 0.25) is 11.8 Å². The van der Waals surface area contributed by atoms with E-state index in [0.29, 0.717) is 6.54 Å². The number of carbonyl (C=O) groups is 2. The standard InChI is InChI=1S/C19H25N5O2.ClH/c1-12(14-5-4-6-16(7-14)23-13(2)25)22-19(26)18-10-20-9-17(18)15-8-21-24(3)11-15;/h4-8,11-12,17-18,20H,9-10H2,1-3H3,(H,22,26)(H,23,25);1H/t12?,17-,18+;/m1./s1. The van der Waals surface area contributed by atoms with Crippen LogP contribution in [0.3, 0.4) is 0 Å². The summed E-state index contributed by atoms with van der Waals surface area (Å²) in [5.41, 5.74) is 2.76. The number of aryl methyl sites for hydroxylation is 1. The van der Waals surface area contributed by atoms with Gasteiger partial charge in [-0.1, -0.05) is 12.1 Å². The maximum Gasteiger partial charge on any atom is 0.225 e. The van der Waals surface area contributed by atoms with Crippen LogP contribution in [0.2, 0.25) is 0 Å². The Balaban J connectivity index is 0.00000261. The van der Waals surface area contributed by atoms with Crippen LogP contribution in [0.25, 0.3) is 0 Å². The van der Waals surface area contributed by atoms with Gasteiger partial charge in [0, 0.05) is 44.9 Å². The van der Waals surface area contributed by atoms with Gasteiger partial charge in [0.05, 0.1) is 18.2 Å². The molecule has 0 spiro atoms. The molecule has 3 atom stereocenters. The molecule has 1 fully saturated rings. The van der Waals surface area contributed by atoms with Gasteiger partial charge in [-0.15, -0.1) is 12.4 Å². The lowest BCUT2D eigenvalue weighted by atomic mass is 9.90. The van der Waals surface area contributed by atoms with Crippen molar-refractivity contribution in [3.8, 4) is 0 Å². The van der Waals surface area contributed by atoms with Crippen LogP contribution in [0, 0.1) is 5.92 Å². The van der Waals surface area contributed by atoms with Gasteiger partial charge < -0.3 is 16.0 Å². The number of hydrogen-bond acceptors (Lipinski definition) is 4. The number of anilines is 1. The van der Waals surface area contributed by atoms with E-state index in [1.807, 2.05) is 50.6 Å². The van der Waals surface area contributed by atoms with Gasteiger partial charge in [0.1, 0.15) is 0 Å². The molecule has 3 rings (SSSR count). The van der Waals surface area contributed by atoms with Crippen molar-refractivity contribution in [1.82, 2.24) is 20.4 Å². The van der Waals surface area contributed by atoms with Crippen molar-refractivity contribution in [2.45, 2.75) is 25.8 Å². The first-order valence-electron chi connectivity index (χ1n) is 8.81. The van der Waals surface area contributed by atoms with Crippen molar-refractivity contribution in [3.05, 3.63) is 47.8 Å². The van der Waals surface area contributed by atoms with E-state index in [2.05, 4.69) is 21.0 Å². The van der Waals surface area contributed by atoms with Crippen molar-refractivity contribution in [1.29, 1.82) is 0 Å². The number of carbonyl (C=O) groups excluding carboxylic acids is 2. The Hall–Kier alpha value is -2.38. The van der Waals surface area contributed by atoms with Crippen LogP contribution in [0.1, 0.15) is 36.9 Å². The Labute approximate surface area is 165 Å². The minimum absolute atomic E-state index is 0. The highest BCUT2D eigenvalue weighted by atomic mass is 35.5. The number of rotatable bonds is 5. The van der Waals surface area contributed by atoms with Crippen LogP contribution in [0.5, 0.6) is 0 Å². The molecule has 2 aromatic rings. The number of amides is 2. The monoisotopic (exact) mass is 391 g/mol. The molecule has 146 valence electrons. The summed E-state index contributed by atoms with van der Waals surface area (Å²) in [5, 5.41) is 13.4. The number of hydrogen-bond donors (Lipinski definition) is 3. The Kier molecular flexibility index (Phi) is 6.98. The summed E-state index contributed by atoms with van der Waals surface area (Å²) in [6.07, 6.45) is 3.80. The third-order valence-corrected chi connectivity index (χ3v) is 4.77. The first-order valence-corrected chi connectivity index (χ1v) is 8.81. The molecule has 27 heavy (non-hydrogen) atoms. The maximum atomic E-state index is 12.8. The van der Waals surface area contributed by atoms with Gasteiger partial charge in [-0.2, -0.15) is 5.10 Å². The van der Waals surface area contributed by atoms with Gasteiger partial charge >= 0.3 is 0 Å². The normalized spacial score (nSPS) is 19.8. The Morgan fingerprint density at radius 2 is 2.11 bits per heavy atom. The van der Waals surface area contributed by atoms with Crippen LogP contribution in [0.4, 0.5) is 5.69 Å². The van der Waals surface area contributed by atoms with E-state index in [9.17, 15) is 9.59 Å². The molecular weight excluding hydrogens is 366 g/mol. The zero-order valence-electron chi connectivity index (χ0n) is 15.7. The van der Waals surface area contributed by atoms with Gasteiger partial charge in [-0.25, -0.2) is 0 Å². The van der Waals surface area contributed by atoms with E-state index in [1.165, 1.54) is 6.92 Å². The van der Waals surface area contributed by atoms with Crippen LogP contribution in [-0.2, 0) is 16.6 Å². The number of nitrogens with zero attached hydrogens (tertiary/aromatic N) is 2. The SMILES string of the molecule is CC(=O)Nc1cccc(C(C)NC(=O)[C@H]2CNC[C@@H]2c2cnn(C)c2)c1.Cl. The molecular formula is C19H26ClN5O2. The summed E-state index contributed by atoms with van der Waals surface area (Å²) in [6.45, 7) is 4.86. The number of benzene rings is 1. The topological polar surface area (TPSA) is 88.1 Å². The van der Waals surface area contributed by atoms with Gasteiger partial charge in [0.25, 0.3) is 0 Å². The highest BCUT2D eigenvalue weighted by Gasteiger charge is 2.35. The highest BCUT2D eigenvalue weighted by Crippen LogP contribution is 2.28. The van der Waals surface area contributed by atoms with Crippen molar-refractivity contribution >= 4 is 29.9 Å². The molecule has 0 bridgehead atoms. The third kappa shape index (κ3) is 5.08.